The van der Waals surface area contributed by atoms with Gasteiger partial charge in [0.25, 0.3) is 0 Å². The van der Waals surface area contributed by atoms with Crippen LogP contribution in [0.1, 0.15) is 17.5 Å². The number of nitrogens with zero attached hydrogens (tertiary/aromatic N) is 2. The third kappa shape index (κ3) is 2.49. The van der Waals surface area contributed by atoms with Crippen LogP contribution in [-0.4, -0.2) is 23.9 Å². The van der Waals surface area contributed by atoms with E-state index in [0.717, 1.165) is 0 Å². The van der Waals surface area contributed by atoms with Crippen molar-refractivity contribution in [2.24, 2.45) is 11.7 Å². The van der Waals surface area contributed by atoms with E-state index in [-0.39, 0.29) is 24.4 Å². The van der Waals surface area contributed by atoms with Crippen LogP contribution in [0.15, 0.2) is 18.2 Å². The van der Waals surface area contributed by atoms with Crippen molar-refractivity contribution in [2.45, 2.75) is 19.0 Å². The predicted molar refractivity (Wildman–Crippen MR) is 63.7 cm³/mol. The van der Waals surface area contributed by atoms with E-state index in [4.69, 9.17) is 11.0 Å². The molecule has 0 aliphatic heterocycles. The Morgan fingerprint density at radius 3 is 2.89 bits per heavy atom. The summed E-state index contributed by atoms with van der Waals surface area (Å²) >= 11 is 0. The number of amides is 1. The molecular weight excluding hydrogens is 233 g/mol. The van der Waals surface area contributed by atoms with E-state index in [1.54, 1.807) is 7.05 Å². The average Bonchev–Trinajstić information content (AvgIpc) is 3.08. The number of hydrogen-bond acceptors (Lipinski definition) is 3. The van der Waals surface area contributed by atoms with Crippen LogP contribution in [0.2, 0.25) is 0 Å². The molecule has 4 nitrogen and oxygen atoms in total. The van der Waals surface area contributed by atoms with E-state index in [9.17, 15) is 9.18 Å². The fourth-order valence-electron chi connectivity index (χ4n) is 1.88. The fraction of sp³-hybridized carbons (Fsp3) is 0.385. The van der Waals surface area contributed by atoms with Crippen molar-refractivity contribution in [3.63, 3.8) is 0 Å². The minimum Gasteiger partial charge on any atom is -0.341 e. The van der Waals surface area contributed by atoms with E-state index >= 15 is 0 Å². The molecule has 1 saturated carbocycles. The zero-order valence-electron chi connectivity index (χ0n) is 10.1. The Labute approximate surface area is 105 Å². The minimum absolute atomic E-state index is 0.0600. The SMILES string of the molecule is CN(Cc1cc(C#N)ccc1F)C(=O)C1CC1N. The summed E-state index contributed by atoms with van der Waals surface area (Å²) in [6.45, 7) is 0.156. The van der Waals surface area contributed by atoms with Gasteiger partial charge in [0.2, 0.25) is 5.91 Å². The van der Waals surface area contributed by atoms with E-state index in [1.165, 1.54) is 23.1 Å². The van der Waals surface area contributed by atoms with Crippen LogP contribution in [0.25, 0.3) is 0 Å². The Bertz CT molecular complexity index is 523. The highest BCUT2D eigenvalue weighted by molar-refractivity contribution is 5.82. The molecule has 2 rings (SSSR count). The van der Waals surface area contributed by atoms with Crippen LogP contribution in [0.5, 0.6) is 0 Å². The van der Waals surface area contributed by atoms with Gasteiger partial charge >= 0.3 is 0 Å². The molecule has 1 aliphatic rings. The van der Waals surface area contributed by atoms with Crippen molar-refractivity contribution in [2.75, 3.05) is 7.05 Å². The second-order valence-corrected chi connectivity index (χ2v) is 4.62. The lowest BCUT2D eigenvalue weighted by atomic mass is 10.1. The molecule has 1 aromatic rings. The summed E-state index contributed by atoms with van der Waals surface area (Å²) in [7, 11) is 1.62. The number of benzene rings is 1. The van der Waals surface area contributed by atoms with Crippen LogP contribution in [0.4, 0.5) is 4.39 Å². The fourth-order valence-corrected chi connectivity index (χ4v) is 1.88. The molecule has 18 heavy (non-hydrogen) atoms. The van der Waals surface area contributed by atoms with Gasteiger partial charge in [-0.1, -0.05) is 0 Å². The van der Waals surface area contributed by atoms with Gasteiger partial charge in [-0.05, 0) is 24.6 Å². The van der Waals surface area contributed by atoms with Gasteiger partial charge in [0.1, 0.15) is 5.82 Å². The highest BCUT2D eigenvalue weighted by Crippen LogP contribution is 2.30. The molecule has 1 aromatic carbocycles. The van der Waals surface area contributed by atoms with Crippen molar-refractivity contribution < 1.29 is 9.18 Å². The van der Waals surface area contributed by atoms with Crippen molar-refractivity contribution >= 4 is 5.91 Å². The normalized spacial score (nSPS) is 21.2. The number of nitrogens with two attached hydrogens (primary N) is 1. The third-order valence-corrected chi connectivity index (χ3v) is 3.12. The number of rotatable bonds is 3. The molecule has 0 heterocycles. The van der Waals surface area contributed by atoms with Crippen molar-refractivity contribution in [3.8, 4) is 6.07 Å². The summed E-state index contributed by atoms with van der Waals surface area (Å²) in [5, 5.41) is 8.76. The lowest BCUT2D eigenvalue weighted by Crippen LogP contribution is -2.30. The summed E-state index contributed by atoms with van der Waals surface area (Å²) in [5.74, 6) is -0.602. The lowest BCUT2D eigenvalue weighted by Gasteiger charge is -2.17. The van der Waals surface area contributed by atoms with Gasteiger partial charge in [0.15, 0.2) is 0 Å². The maximum absolute atomic E-state index is 13.6. The Morgan fingerprint density at radius 1 is 1.67 bits per heavy atom. The second kappa shape index (κ2) is 4.75. The number of hydrogen-bond donors (Lipinski definition) is 1. The molecule has 0 spiro atoms. The Hall–Kier alpha value is -1.93. The Kier molecular flexibility index (Phi) is 3.30. The van der Waals surface area contributed by atoms with Crippen LogP contribution >= 0.6 is 0 Å². The van der Waals surface area contributed by atoms with Gasteiger partial charge in [0.05, 0.1) is 17.6 Å². The first-order valence-electron chi connectivity index (χ1n) is 5.72. The lowest BCUT2D eigenvalue weighted by molar-refractivity contribution is -0.131. The van der Waals surface area contributed by atoms with Gasteiger partial charge in [-0.3, -0.25) is 4.79 Å². The minimum atomic E-state index is -0.409. The van der Waals surface area contributed by atoms with Gasteiger partial charge in [0, 0.05) is 25.2 Å². The average molecular weight is 247 g/mol. The predicted octanol–water partition coefficient (Wildman–Crippen LogP) is 1.00. The second-order valence-electron chi connectivity index (χ2n) is 4.62. The molecule has 2 atom stereocenters. The van der Waals surface area contributed by atoms with Crippen molar-refractivity contribution in [3.05, 3.63) is 35.1 Å². The highest BCUT2D eigenvalue weighted by Gasteiger charge is 2.41. The molecule has 1 fully saturated rings. The molecule has 1 aliphatic carbocycles. The number of halogens is 1. The van der Waals surface area contributed by atoms with Crippen molar-refractivity contribution in [1.29, 1.82) is 5.26 Å². The summed E-state index contributed by atoms with van der Waals surface area (Å²) in [5.41, 5.74) is 6.34. The summed E-state index contributed by atoms with van der Waals surface area (Å²) in [4.78, 5) is 13.3. The standard InChI is InChI=1S/C13H14FN3O/c1-17(13(18)10-5-12(10)16)7-9-4-8(6-15)2-3-11(9)14/h2-4,10,12H,5,7,16H2,1H3. The maximum atomic E-state index is 13.6. The van der Waals surface area contributed by atoms with E-state index in [2.05, 4.69) is 0 Å². The molecule has 0 radical (unpaired) electrons. The first kappa shape index (κ1) is 12.5. The summed E-state index contributed by atoms with van der Waals surface area (Å²) in [6.07, 6.45) is 0.698. The van der Waals surface area contributed by atoms with E-state index in [1.807, 2.05) is 6.07 Å². The maximum Gasteiger partial charge on any atom is 0.227 e. The van der Waals surface area contributed by atoms with Crippen LogP contribution in [-0.2, 0) is 11.3 Å². The van der Waals surface area contributed by atoms with Crippen LogP contribution < -0.4 is 5.73 Å². The largest absolute Gasteiger partial charge is 0.341 e. The quantitative estimate of drug-likeness (QED) is 0.866. The van der Waals surface area contributed by atoms with Gasteiger partial charge in [-0.15, -0.1) is 0 Å². The van der Waals surface area contributed by atoms with Crippen LogP contribution in [0, 0.1) is 23.1 Å². The topological polar surface area (TPSA) is 70.1 Å². The van der Waals surface area contributed by atoms with E-state index < -0.39 is 5.82 Å². The molecule has 2 N–H and O–H groups in total. The molecular formula is C13H14FN3O. The molecule has 0 bridgehead atoms. The Morgan fingerprint density at radius 2 is 2.33 bits per heavy atom. The monoisotopic (exact) mass is 247 g/mol. The molecule has 2 unspecified atom stereocenters. The molecule has 1 amide bonds. The Balaban J connectivity index is 2.09. The summed E-state index contributed by atoms with van der Waals surface area (Å²) < 4.78 is 13.6. The first-order chi connectivity index (χ1) is 8.52. The smallest absolute Gasteiger partial charge is 0.227 e. The zero-order valence-corrected chi connectivity index (χ0v) is 10.1. The van der Waals surface area contributed by atoms with Gasteiger partial charge in [-0.2, -0.15) is 5.26 Å². The highest BCUT2D eigenvalue weighted by atomic mass is 19.1. The van der Waals surface area contributed by atoms with Crippen LogP contribution in [0.3, 0.4) is 0 Å². The van der Waals surface area contributed by atoms with Gasteiger partial charge in [-0.25, -0.2) is 4.39 Å². The van der Waals surface area contributed by atoms with E-state index in [0.29, 0.717) is 17.5 Å². The molecule has 5 heteroatoms. The zero-order chi connectivity index (χ0) is 13.3. The number of carbonyl (C=O) groups is 1. The molecule has 0 aromatic heterocycles. The van der Waals surface area contributed by atoms with Crippen molar-refractivity contribution in [1.82, 2.24) is 4.90 Å². The van der Waals surface area contributed by atoms with Gasteiger partial charge < -0.3 is 10.6 Å². The molecule has 0 saturated heterocycles. The first-order valence-corrected chi connectivity index (χ1v) is 5.72. The number of nitriles is 1. The molecule has 94 valence electrons. The summed E-state index contributed by atoms with van der Waals surface area (Å²) in [6, 6.07) is 6.01. The number of carbonyl (C=O) groups excluding carboxylic acids is 1. The third-order valence-electron chi connectivity index (χ3n) is 3.12.